The van der Waals surface area contributed by atoms with Gasteiger partial charge in [-0.3, -0.25) is 4.79 Å². The summed E-state index contributed by atoms with van der Waals surface area (Å²) < 4.78 is 7.10. The molecule has 1 amide bonds. The summed E-state index contributed by atoms with van der Waals surface area (Å²) in [6, 6.07) is 15.7. The third-order valence-electron chi connectivity index (χ3n) is 5.72. The Morgan fingerprint density at radius 3 is 2.47 bits per heavy atom. The molecule has 156 valence electrons. The summed E-state index contributed by atoms with van der Waals surface area (Å²) in [6.07, 6.45) is 2.66. The van der Waals surface area contributed by atoms with Crippen molar-refractivity contribution in [3.63, 3.8) is 0 Å². The van der Waals surface area contributed by atoms with Crippen molar-refractivity contribution in [1.82, 2.24) is 14.7 Å². The van der Waals surface area contributed by atoms with Gasteiger partial charge in [-0.25, -0.2) is 4.68 Å². The number of ether oxygens (including phenoxy) is 1. The Kier molecular flexibility index (Phi) is 5.82. The first-order chi connectivity index (χ1) is 14.5. The fourth-order valence-corrected chi connectivity index (χ4v) is 4.26. The second-order valence-corrected chi connectivity index (χ2v) is 8.43. The Morgan fingerprint density at radius 2 is 1.83 bits per heavy atom. The van der Waals surface area contributed by atoms with Crippen molar-refractivity contribution in [2.45, 2.75) is 32.1 Å². The third-order valence-corrected chi connectivity index (χ3v) is 5.97. The molecule has 2 aromatic carbocycles. The standard InChI is InChI=1S/C24H26ClN3O2/c1-16(2)23-22(14-26-28(23)20-8-6-19(25)7-9-20)24(29)27-13-12-18(15-27)17-4-10-21(30-3)11-5-17/h4-11,14,16,18H,12-13,15H2,1-3H3. The number of halogens is 1. The Labute approximate surface area is 182 Å². The maximum atomic E-state index is 13.4. The van der Waals surface area contributed by atoms with Gasteiger partial charge in [-0.05, 0) is 54.3 Å². The number of hydrogen-bond acceptors (Lipinski definition) is 3. The summed E-state index contributed by atoms with van der Waals surface area (Å²) in [5.74, 6) is 1.39. The largest absolute Gasteiger partial charge is 0.497 e. The van der Waals surface area contributed by atoms with Gasteiger partial charge in [-0.2, -0.15) is 5.10 Å². The van der Waals surface area contributed by atoms with E-state index in [9.17, 15) is 4.79 Å². The second-order valence-electron chi connectivity index (χ2n) is 8.00. The number of methoxy groups -OCH3 is 1. The van der Waals surface area contributed by atoms with Crippen molar-refractivity contribution >= 4 is 17.5 Å². The monoisotopic (exact) mass is 423 g/mol. The molecule has 0 saturated carbocycles. The number of aromatic nitrogens is 2. The van der Waals surface area contributed by atoms with Crippen molar-refractivity contribution in [3.05, 3.63) is 76.6 Å². The predicted octanol–water partition coefficient (Wildman–Crippen LogP) is 5.29. The van der Waals surface area contributed by atoms with Crippen LogP contribution in [0.2, 0.25) is 5.02 Å². The number of hydrogen-bond donors (Lipinski definition) is 0. The molecule has 1 aliphatic heterocycles. The maximum Gasteiger partial charge on any atom is 0.257 e. The molecule has 30 heavy (non-hydrogen) atoms. The highest BCUT2D eigenvalue weighted by atomic mass is 35.5. The number of benzene rings is 2. The molecule has 0 radical (unpaired) electrons. The molecule has 6 heteroatoms. The van der Waals surface area contributed by atoms with E-state index in [1.54, 1.807) is 13.3 Å². The van der Waals surface area contributed by atoms with E-state index in [0.29, 0.717) is 16.5 Å². The Hall–Kier alpha value is -2.79. The van der Waals surface area contributed by atoms with Crippen LogP contribution in [-0.2, 0) is 0 Å². The van der Waals surface area contributed by atoms with Gasteiger partial charge in [0.1, 0.15) is 5.75 Å². The maximum absolute atomic E-state index is 13.4. The second kappa shape index (κ2) is 8.52. The smallest absolute Gasteiger partial charge is 0.257 e. The van der Waals surface area contributed by atoms with Crippen LogP contribution in [0.5, 0.6) is 5.75 Å². The fourth-order valence-electron chi connectivity index (χ4n) is 4.13. The number of carbonyl (C=O) groups is 1. The molecule has 1 fully saturated rings. The number of amides is 1. The highest BCUT2D eigenvalue weighted by molar-refractivity contribution is 6.30. The summed E-state index contributed by atoms with van der Waals surface area (Å²) in [5, 5.41) is 5.21. The van der Waals surface area contributed by atoms with Crippen molar-refractivity contribution in [1.29, 1.82) is 0 Å². The lowest BCUT2D eigenvalue weighted by Crippen LogP contribution is -2.29. The molecular weight excluding hydrogens is 398 g/mol. The SMILES string of the molecule is COc1ccc(C2CCN(C(=O)c3cnn(-c4ccc(Cl)cc4)c3C(C)C)C2)cc1. The van der Waals surface area contributed by atoms with Gasteiger partial charge in [0.2, 0.25) is 0 Å². The van der Waals surface area contributed by atoms with Crippen LogP contribution in [0, 0.1) is 0 Å². The molecule has 0 aliphatic carbocycles. The van der Waals surface area contributed by atoms with E-state index in [-0.39, 0.29) is 11.8 Å². The zero-order valence-electron chi connectivity index (χ0n) is 17.5. The summed E-state index contributed by atoms with van der Waals surface area (Å²) in [7, 11) is 1.67. The van der Waals surface area contributed by atoms with Gasteiger partial charge < -0.3 is 9.64 Å². The average Bonchev–Trinajstić information content (AvgIpc) is 3.42. The van der Waals surface area contributed by atoms with E-state index in [0.717, 1.165) is 36.6 Å². The molecule has 0 spiro atoms. The minimum Gasteiger partial charge on any atom is -0.497 e. The molecule has 0 bridgehead atoms. The summed E-state index contributed by atoms with van der Waals surface area (Å²) >= 11 is 6.03. The molecule has 1 unspecified atom stereocenters. The van der Waals surface area contributed by atoms with Gasteiger partial charge in [0.05, 0.1) is 30.3 Å². The molecular formula is C24H26ClN3O2. The zero-order chi connectivity index (χ0) is 21.3. The predicted molar refractivity (Wildman–Crippen MR) is 119 cm³/mol. The van der Waals surface area contributed by atoms with Crippen LogP contribution in [0.4, 0.5) is 0 Å². The number of rotatable bonds is 5. The van der Waals surface area contributed by atoms with Crippen molar-refractivity contribution < 1.29 is 9.53 Å². The zero-order valence-corrected chi connectivity index (χ0v) is 18.3. The van der Waals surface area contributed by atoms with Crippen LogP contribution in [0.3, 0.4) is 0 Å². The molecule has 5 nitrogen and oxygen atoms in total. The molecule has 1 aromatic heterocycles. The molecule has 1 saturated heterocycles. The molecule has 1 atom stereocenters. The minimum absolute atomic E-state index is 0.0509. The number of nitrogens with zero attached hydrogens (tertiary/aromatic N) is 3. The lowest BCUT2D eigenvalue weighted by Gasteiger charge is -2.19. The van der Waals surface area contributed by atoms with Crippen molar-refractivity contribution in [2.75, 3.05) is 20.2 Å². The first-order valence-corrected chi connectivity index (χ1v) is 10.6. The van der Waals surface area contributed by atoms with E-state index in [4.69, 9.17) is 16.3 Å². The summed E-state index contributed by atoms with van der Waals surface area (Å²) in [5.41, 5.74) is 3.75. The van der Waals surface area contributed by atoms with Gasteiger partial charge in [-0.15, -0.1) is 0 Å². The topological polar surface area (TPSA) is 47.4 Å². The number of likely N-dealkylation sites (tertiary alicyclic amines) is 1. The Balaban J connectivity index is 1.56. The van der Waals surface area contributed by atoms with Crippen LogP contribution in [0.15, 0.2) is 54.7 Å². The van der Waals surface area contributed by atoms with E-state index in [2.05, 4.69) is 31.1 Å². The lowest BCUT2D eigenvalue weighted by atomic mass is 9.98. The van der Waals surface area contributed by atoms with Gasteiger partial charge in [-0.1, -0.05) is 37.6 Å². The first-order valence-electron chi connectivity index (χ1n) is 10.2. The van der Waals surface area contributed by atoms with Gasteiger partial charge >= 0.3 is 0 Å². The fraction of sp³-hybridized carbons (Fsp3) is 0.333. The van der Waals surface area contributed by atoms with Crippen LogP contribution in [0.1, 0.15) is 53.7 Å². The molecule has 2 heterocycles. The average molecular weight is 424 g/mol. The molecule has 4 rings (SSSR count). The number of carbonyl (C=O) groups excluding carboxylic acids is 1. The first kappa shape index (κ1) is 20.5. The van der Waals surface area contributed by atoms with E-state index in [1.165, 1.54) is 5.56 Å². The van der Waals surface area contributed by atoms with Crippen LogP contribution < -0.4 is 4.74 Å². The normalized spacial score (nSPS) is 16.3. The quantitative estimate of drug-likeness (QED) is 0.560. The van der Waals surface area contributed by atoms with Crippen LogP contribution in [0.25, 0.3) is 5.69 Å². The lowest BCUT2D eigenvalue weighted by molar-refractivity contribution is 0.0789. The van der Waals surface area contributed by atoms with Gasteiger partial charge in [0, 0.05) is 24.0 Å². The summed E-state index contributed by atoms with van der Waals surface area (Å²) in [4.78, 5) is 15.3. The highest BCUT2D eigenvalue weighted by Crippen LogP contribution is 2.31. The Morgan fingerprint density at radius 1 is 1.13 bits per heavy atom. The molecule has 1 aliphatic rings. The van der Waals surface area contributed by atoms with Gasteiger partial charge in [0.25, 0.3) is 5.91 Å². The molecule has 3 aromatic rings. The summed E-state index contributed by atoms with van der Waals surface area (Å²) in [6.45, 7) is 5.64. The minimum atomic E-state index is 0.0509. The van der Waals surface area contributed by atoms with E-state index < -0.39 is 0 Å². The van der Waals surface area contributed by atoms with E-state index >= 15 is 0 Å². The van der Waals surface area contributed by atoms with E-state index in [1.807, 2.05) is 46.0 Å². The Bertz CT molecular complexity index is 1030. The van der Waals surface area contributed by atoms with Crippen molar-refractivity contribution in [2.24, 2.45) is 0 Å². The van der Waals surface area contributed by atoms with Crippen LogP contribution >= 0.6 is 11.6 Å². The van der Waals surface area contributed by atoms with Gasteiger partial charge in [0.15, 0.2) is 0 Å². The molecule has 0 N–H and O–H groups in total. The van der Waals surface area contributed by atoms with Crippen LogP contribution in [-0.4, -0.2) is 40.8 Å². The highest BCUT2D eigenvalue weighted by Gasteiger charge is 2.31. The van der Waals surface area contributed by atoms with Crippen molar-refractivity contribution in [3.8, 4) is 11.4 Å². The third kappa shape index (κ3) is 3.94.